The van der Waals surface area contributed by atoms with Crippen molar-refractivity contribution in [2.24, 2.45) is 23.2 Å². The van der Waals surface area contributed by atoms with Gasteiger partial charge in [0, 0.05) is 42.7 Å². The van der Waals surface area contributed by atoms with Crippen molar-refractivity contribution in [1.29, 1.82) is 0 Å². The third kappa shape index (κ3) is 4.76. The molecular formula is C30H31F4NO2. The number of fused-ring (bicyclic) bond motifs is 4. The van der Waals surface area contributed by atoms with Crippen LogP contribution in [0.2, 0.25) is 0 Å². The maximum atomic E-state index is 15.5. The highest BCUT2D eigenvalue weighted by Gasteiger charge is 2.58. The van der Waals surface area contributed by atoms with E-state index in [4.69, 9.17) is 5.73 Å². The molecule has 37 heavy (non-hydrogen) atoms. The number of ketones is 2. The summed E-state index contributed by atoms with van der Waals surface area (Å²) in [5, 5.41) is 0. The number of nitrogens with two attached hydrogens (primary N) is 1. The van der Waals surface area contributed by atoms with Crippen LogP contribution < -0.4 is 5.73 Å². The highest BCUT2D eigenvalue weighted by molar-refractivity contribution is 5.93. The summed E-state index contributed by atoms with van der Waals surface area (Å²) in [6.07, 6.45) is -1.09. The van der Waals surface area contributed by atoms with Gasteiger partial charge in [-0.25, -0.2) is 4.39 Å². The highest BCUT2D eigenvalue weighted by Crippen LogP contribution is 2.66. The number of nitrogen functional groups attached to an aromatic ring is 1. The number of benzene rings is 1. The standard InChI is InChI=1S/C30H31F4NO2/c1-29-16-23(17-5-7-18(35)8-6-17)28-20-10-9-19(36)14-21(20)26(31)15-22(28)24(29)11-12-25(29)27(37)4-2-3-13-30(32,33)34/h5-8,14,22-26H,2,4,9-12,15-16,35H2,1H3/t22-,23+,24-,25+,26?,29-/m0/s1. The first kappa shape index (κ1) is 25.8. The molecule has 0 radical (unpaired) electrons. The molecule has 3 nitrogen and oxygen atoms in total. The van der Waals surface area contributed by atoms with Crippen LogP contribution >= 0.6 is 0 Å². The van der Waals surface area contributed by atoms with Crippen molar-refractivity contribution in [1.82, 2.24) is 0 Å². The summed E-state index contributed by atoms with van der Waals surface area (Å²) in [6, 6.07) is 7.68. The van der Waals surface area contributed by atoms with Crippen LogP contribution in [0.1, 0.15) is 69.8 Å². The van der Waals surface area contributed by atoms with Crippen molar-refractivity contribution in [3.8, 4) is 11.8 Å². The normalized spacial score (nSPS) is 33.1. The van der Waals surface area contributed by atoms with E-state index in [0.29, 0.717) is 43.4 Å². The summed E-state index contributed by atoms with van der Waals surface area (Å²) >= 11 is 0. The maximum Gasteiger partial charge on any atom is 0.457 e. The zero-order chi connectivity index (χ0) is 26.5. The maximum absolute atomic E-state index is 15.5. The fraction of sp³-hybridized carbons (Fsp3) is 0.533. The van der Waals surface area contributed by atoms with Gasteiger partial charge in [0.1, 0.15) is 12.0 Å². The first-order valence-corrected chi connectivity index (χ1v) is 13.0. The largest absolute Gasteiger partial charge is 0.457 e. The summed E-state index contributed by atoms with van der Waals surface area (Å²) in [4.78, 5) is 25.4. The molecule has 0 heterocycles. The Bertz CT molecular complexity index is 1230. The number of hydrogen-bond acceptors (Lipinski definition) is 3. The Labute approximate surface area is 214 Å². The summed E-state index contributed by atoms with van der Waals surface area (Å²) in [7, 11) is 0. The fourth-order valence-corrected chi connectivity index (χ4v) is 7.71. The molecular weight excluding hydrogens is 482 g/mol. The number of halogens is 4. The number of alkyl halides is 4. The van der Waals surface area contributed by atoms with Gasteiger partial charge in [-0.05, 0) is 84.3 Å². The third-order valence-corrected chi connectivity index (χ3v) is 9.20. The smallest absolute Gasteiger partial charge is 0.399 e. The highest BCUT2D eigenvalue weighted by atomic mass is 19.4. The summed E-state index contributed by atoms with van der Waals surface area (Å²) < 4.78 is 52.7. The van der Waals surface area contributed by atoms with Gasteiger partial charge in [0.05, 0.1) is 0 Å². The number of carbonyl (C=O) groups excluding carboxylic acids is 2. The first-order valence-electron chi connectivity index (χ1n) is 13.0. The van der Waals surface area contributed by atoms with Gasteiger partial charge >= 0.3 is 6.18 Å². The van der Waals surface area contributed by atoms with E-state index in [-0.39, 0.29) is 48.1 Å². The van der Waals surface area contributed by atoms with Gasteiger partial charge in [-0.15, -0.1) is 0 Å². The molecule has 1 unspecified atom stereocenters. The molecule has 5 rings (SSSR count). The molecule has 4 aliphatic rings. The zero-order valence-electron chi connectivity index (χ0n) is 20.8. The average Bonchev–Trinajstić information content (AvgIpc) is 3.18. The van der Waals surface area contributed by atoms with Gasteiger partial charge in [-0.3, -0.25) is 9.59 Å². The van der Waals surface area contributed by atoms with Gasteiger partial charge in [-0.2, -0.15) is 13.2 Å². The molecule has 0 amide bonds. The van der Waals surface area contributed by atoms with Crippen molar-refractivity contribution < 1.29 is 27.2 Å². The monoisotopic (exact) mass is 513 g/mol. The molecule has 0 spiro atoms. The molecule has 2 fully saturated rings. The molecule has 1 aromatic carbocycles. The molecule has 0 aliphatic heterocycles. The molecule has 7 heteroatoms. The topological polar surface area (TPSA) is 60.2 Å². The van der Waals surface area contributed by atoms with Gasteiger partial charge in [0.25, 0.3) is 0 Å². The molecule has 0 saturated heterocycles. The van der Waals surface area contributed by atoms with Crippen LogP contribution in [0.25, 0.3) is 0 Å². The number of anilines is 1. The molecule has 1 aromatic rings. The number of allylic oxidation sites excluding steroid dienone is 4. The number of Topliss-reactive ketones (excluding diaryl/α,β-unsaturated/α-hetero) is 1. The predicted octanol–water partition coefficient (Wildman–Crippen LogP) is 6.65. The van der Waals surface area contributed by atoms with Crippen LogP contribution in [-0.4, -0.2) is 23.9 Å². The van der Waals surface area contributed by atoms with Gasteiger partial charge in [0.2, 0.25) is 0 Å². The van der Waals surface area contributed by atoms with Crippen LogP contribution in [0.15, 0.2) is 47.1 Å². The lowest BCUT2D eigenvalue weighted by molar-refractivity contribution is -0.127. The van der Waals surface area contributed by atoms with Crippen molar-refractivity contribution in [3.63, 3.8) is 0 Å². The molecule has 0 bridgehead atoms. The minimum atomic E-state index is -4.56. The Hall–Kier alpha value is -2.88. The number of rotatable bonds is 4. The Morgan fingerprint density at radius 2 is 1.89 bits per heavy atom. The Morgan fingerprint density at radius 1 is 1.16 bits per heavy atom. The molecule has 0 aromatic heterocycles. The van der Waals surface area contributed by atoms with E-state index in [1.807, 2.05) is 24.3 Å². The van der Waals surface area contributed by atoms with E-state index in [2.05, 4.69) is 12.8 Å². The molecule has 6 atom stereocenters. The van der Waals surface area contributed by atoms with Gasteiger partial charge in [-0.1, -0.05) is 30.6 Å². The minimum absolute atomic E-state index is 0.0120. The second-order valence-corrected chi connectivity index (χ2v) is 11.2. The van der Waals surface area contributed by atoms with Crippen molar-refractivity contribution in [3.05, 3.63) is 52.6 Å². The number of carbonyl (C=O) groups is 2. The van der Waals surface area contributed by atoms with E-state index in [1.54, 1.807) is 0 Å². The second-order valence-electron chi connectivity index (χ2n) is 11.2. The Morgan fingerprint density at radius 3 is 2.59 bits per heavy atom. The quantitative estimate of drug-likeness (QED) is 0.279. The molecule has 4 aliphatic carbocycles. The lowest BCUT2D eigenvalue weighted by Gasteiger charge is -2.53. The van der Waals surface area contributed by atoms with Crippen molar-refractivity contribution in [2.45, 2.75) is 76.6 Å². The molecule has 196 valence electrons. The van der Waals surface area contributed by atoms with E-state index < -0.39 is 17.8 Å². The first-order chi connectivity index (χ1) is 17.5. The molecule has 2 saturated carbocycles. The minimum Gasteiger partial charge on any atom is -0.399 e. The summed E-state index contributed by atoms with van der Waals surface area (Å²) in [5.74, 6) is 2.98. The number of hydrogen-bond donors (Lipinski definition) is 1. The van der Waals surface area contributed by atoms with Crippen molar-refractivity contribution >= 4 is 17.3 Å². The fourth-order valence-electron chi connectivity index (χ4n) is 7.71. The van der Waals surface area contributed by atoms with Crippen LogP contribution in [0.4, 0.5) is 23.2 Å². The molecule has 2 N–H and O–H groups in total. The lowest BCUT2D eigenvalue weighted by Crippen LogP contribution is -2.46. The van der Waals surface area contributed by atoms with Crippen LogP contribution in [0.5, 0.6) is 0 Å². The van der Waals surface area contributed by atoms with Crippen molar-refractivity contribution in [2.75, 3.05) is 5.73 Å². The third-order valence-electron chi connectivity index (χ3n) is 9.20. The van der Waals surface area contributed by atoms with Gasteiger partial charge in [0.15, 0.2) is 5.78 Å². The van der Waals surface area contributed by atoms with Crippen LogP contribution in [0.3, 0.4) is 0 Å². The summed E-state index contributed by atoms with van der Waals surface area (Å²) in [6.45, 7) is 2.11. The lowest BCUT2D eigenvalue weighted by atomic mass is 9.51. The van der Waals surface area contributed by atoms with E-state index in [0.717, 1.165) is 17.6 Å². The SMILES string of the molecule is C[C@]12C[C@H](c3ccc(N)cc3)C3=C4CCC(=O)C=C4C(F)C[C@H]3[C@@H]1CC[C@@H]2C(=O)CCC#CC(F)(F)F. The van der Waals surface area contributed by atoms with Gasteiger partial charge < -0.3 is 5.73 Å². The second kappa shape index (κ2) is 9.45. The van der Waals surface area contributed by atoms with E-state index in [9.17, 15) is 22.8 Å². The van der Waals surface area contributed by atoms with Crippen LogP contribution in [0, 0.1) is 35.0 Å². The zero-order valence-corrected chi connectivity index (χ0v) is 20.8. The average molecular weight is 514 g/mol. The van der Waals surface area contributed by atoms with E-state index in [1.165, 1.54) is 17.6 Å². The van der Waals surface area contributed by atoms with Crippen LogP contribution in [-0.2, 0) is 9.59 Å². The summed E-state index contributed by atoms with van der Waals surface area (Å²) in [5.41, 5.74) is 9.97. The predicted molar refractivity (Wildman–Crippen MR) is 133 cm³/mol. The Kier molecular flexibility index (Phi) is 6.58. The van der Waals surface area contributed by atoms with E-state index >= 15 is 4.39 Å². The Balaban J connectivity index is 1.52.